The Morgan fingerprint density at radius 1 is 1.41 bits per heavy atom. The van der Waals surface area contributed by atoms with Gasteiger partial charge in [-0.2, -0.15) is 0 Å². The lowest BCUT2D eigenvalue weighted by Crippen LogP contribution is -2.24. The zero-order chi connectivity index (χ0) is 13.1. The van der Waals surface area contributed by atoms with Gasteiger partial charge in [-0.1, -0.05) is 33.8 Å². The summed E-state index contributed by atoms with van der Waals surface area (Å²) in [5.41, 5.74) is 0.962. The van der Waals surface area contributed by atoms with Gasteiger partial charge in [-0.25, -0.2) is 0 Å². The first-order chi connectivity index (χ1) is 7.81. The summed E-state index contributed by atoms with van der Waals surface area (Å²) in [6, 6.07) is 5.67. The first-order valence-corrected chi connectivity index (χ1v) is 5.95. The van der Waals surface area contributed by atoms with E-state index in [1.165, 1.54) is 0 Å². The SMILES string of the molecule is C[C@H](C(=O)O)C(CC(C)(C)C)c1ccccn1. The monoisotopic (exact) mass is 235 g/mol. The van der Waals surface area contributed by atoms with E-state index < -0.39 is 11.9 Å². The third-order valence-corrected chi connectivity index (χ3v) is 2.89. The van der Waals surface area contributed by atoms with Crippen LogP contribution in [0.2, 0.25) is 0 Å². The Morgan fingerprint density at radius 3 is 2.47 bits per heavy atom. The van der Waals surface area contributed by atoms with Crippen LogP contribution in [0.4, 0.5) is 0 Å². The Bertz CT molecular complexity index is 368. The maximum Gasteiger partial charge on any atom is 0.306 e. The fraction of sp³-hybridized carbons (Fsp3) is 0.571. The number of carbonyl (C=O) groups is 1. The fourth-order valence-corrected chi connectivity index (χ4v) is 1.96. The van der Waals surface area contributed by atoms with Crippen LogP contribution in [0.3, 0.4) is 0 Å². The summed E-state index contributed by atoms with van der Waals surface area (Å²) in [6.45, 7) is 8.12. The molecule has 0 radical (unpaired) electrons. The predicted molar refractivity (Wildman–Crippen MR) is 67.8 cm³/mol. The molecule has 3 nitrogen and oxygen atoms in total. The van der Waals surface area contributed by atoms with Crippen LogP contribution in [0.15, 0.2) is 24.4 Å². The largest absolute Gasteiger partial charge is 0.481 e. The highest BCUT2D eigenvalue weighted by Gasteiger charge is 2.30. The van der Waals surface area contributed by atoms with Crippen molar-refractivity contribution < 1.29 is 9.90 Å². The third kappa shape index (κ3) is 4.17. The minimum atomic E-state index is -0.759. The van der Waals surface area contributed by atoms with Crippen LogP contribution in [0, 0.1) is 11.3 Å². The van der Waals surface area contributed by atoms with Crippen molar-refractivity contribution in [1.82, 2.24) is 4.98 Å². The van der Waals surface area contributed by atoms with Crippen LogP contribution in [-0.2, 0) is 4.79 Å². The number of carboxylic acid groups (broad SMARTS) is 1. The van der Waals surface area contributed by atoms with Crippen LogP contribution < -0.4 is 0 Å². The number of nitrogens with zero attached hydrogens (tertiary/aromatic N) is 1. The number of pyridine rings is 1. The second kappa shape index (κ2) is 5.30. The smallest absolute Gasteiger partial charge is 0.306 e. The molecule has 0 saturated carbocycles. The molecule has 2 atom stereocenters. The quantitative estimate of drug-likeness (QED) is 0.871. The number of carboxylic acids is 1. The first kappa shape index (κ1) is 13.7. The molecule has 0 amide bonds. The Balaban J connectivity index is 2.99. The average molecular weight is 235 g/mol. The lowest BCUT2D eigenvalue weighted by atomic mass is 9.77. The van der Waals surface area contributed by atoms with E-state index >= 15 is 0 Å². The van der Waals surface area contributed by atoms with Crippen LogP contribution in [-0.4, -0.2) is 16.1 Å². The lowest BCUT2D eigenvalue weighted by molar-refractivity contribution is -0.142. The second-order valence-corrected chi connectivity index (χ2v) is 5.75. The van der Waals surface area contributed by atoms with E-state index in [1.54, 1.807) is 13.1 Å². The molecule has 0 aliphatic heterocycles. The maximum absolute atomic E-state index is 11.2. The molecule has 0 spiro atoms. The van der Waals surface area contributed by atoms with Gasteiger partial charge < -0.3 is 5.11 Å². The van der Waals surface area contributed by atoms with Gasteiger partial charge in [-0.05, 0) is 24.0 Å². The van der Waals surface area contributed by atoms with E-state index in [-0.39, 0.29) is 11.3 Å². The van der Waals surface area contributed by atoms with Gasteiger partial charge in [0.1, 0.15) is 0 Å². The summed E-state index contributed by atoms with van der Waals surface area (Å²) < 4.78 is 0. The topological polar surface area (TPSA) is 50.2 Å². The van der Waals surface area contributed by atoms with Crippen molar-refractivity contribution in [3.05, 3.63) is 30.1 Å². The van der Waals surface area contributed by atoms with Gasteiger partial charge >= 0.3 is 5.97 Å². The molecule has 17 heavy (non-hydrogen) atoms. The van der Waals surface area contributed by atoms with Crippen molar-refractivity contribution in [2.24, 2.45) is 11.3 Å². The molecule has 1 rings (SSSR count). The summed E-state index contributed by atoms with van der Waals surface area (Å²) in [7, 11) is 0. The van der Waals surface area contributed by atoms with Crippen molar-refractivity contribution in [1.29, 1.82) is 0 Å². The molecule has 0 aliphatic carbocycles. The van der Waals surface area contributed by atoms with E-state index in [2.05, 4.69) is 25.8 Å². The van der Waals surface area contributed by atoms with Gasteiger partial charge in [0.2, 0.25) is 0 Å². The van der Waals surface area contributed by atoms with Crippen LogP contribution >= 0.6 is 0 Å². The fourth-order valence-electron chi connectivity index (χ4n) is 1.96. The Morgan fingerprint density at radius 2 is 2.06 bits per heavy atom. The summed E-state index contributed by atoms with van der Waals surface area (Å²) in [5, 5.41) is 9.18. The highest BCUT2D eigenvalue weighted by atomic mass is 16.4. The van der Waals surface area contributed by atoms with Gasteiger partial charge in [0.15, 0.2) is 0 Å². The molecule has 0 saturated heterocycles. The molecule has 1 N–H and O–H groups in total. The normalized spacial score (nSPS) is 15.3. The van der Waals surface area contributed by atoms with Crippen molar-refractivity contribution in [2.75, 3.05) is 0 Å². The molecule has 0 bridgehead atoms. The van der Waals surface area contributed by atoms with Gasteiger partial charge in [0.05, 0.1) is 5.92 Å². The van der Waals surface area contributed by atoms with Crippen molar-refractivity contribution in [3.8, 4) is 0 Å². The summed E-state index contributed by atoms with van der Waals surface area (Å²) in [5.74, 6) is -1.21. The molecule has 1 aromatic rings. The number of hydrogen-bond donors (Lipinski definition) is 1. The molecule has 0 aliphatic rings. The van der Waals surface area contributed by atoms with Crippen molar-refractivity contribution >= 4 is 5.97 Å². The first-order valence-electron chi connectivity index (χ1n) is 5.95. The third-order valence-electron chi connectivity index (χ3n) is 2.89. The van der Waals surface area contributed by atoms with Gasteiger partial charge in [-0.3, -0.25) is 9.78 Å². The number of aromatic nitrogens is 1. The highest BCUT2D eigenvalue weighted by Crippen LogP contribution is 2.35. The van der Waals surface area contributed by atoms with E-state index in [9.17, 15) is 9.90 Å². The zero-order valence-electron chi connectivity index (χ0n) is 11.0. The molecule has 0 aromatic carbocycles. The average Bonchev–Trinajstić information content (AvgIpc) is 2.25. The minimum Gasteiger partial charge on any atom is -0.481 e. The molecule has 3 heteroatoms. The number of rotatable bonds is 4. The van der Waals surface area contributed by atoms with Crippen LogP contribution in [0.25, 0.3) is 0 Å². The predicted octanol–water partition coefficient (Wildman–Crippen LogP) is 3.32. The van der Waals surface area contributed by atoms with E-state index in [0.29, 0.717) is 0 Å². The Kier molecular flexibility index (Phi) is 4.27. The Labute approximate surface area is 103 Å². The number of hydrogen-bond acceptors (Lipinski definition) is 2. The summed E-state index contributed by atoms with van der Waals surface area (Å²) in [4.78, 5) is 15.5. The van der Waals surface area contributed by atoms with Crippen LogP contribution in [0.1, 0.15) is 45.7 Å². The molecular weight excluding hydrogens is 214 g/mol. The lowest BCUT2D eigenvalue weighted by Gasteiger charge is -2.28. The zero-order valence-corrected chi connectivity index (χ0v) is 11.0. The highest BCUT2D eigenvalue weighted by molar-refractivity contribution is 5.70. The number of aliphatic carboxylic acids is 1. The molecule has 1 unspecified atom stereocenters. The molecule has 94 valence electrons. The maximum atomic E-state index is 11.2. The summed E-state index contributed by atoms with van der Waals surface area (Å²) in [6.07, 6.45) is 2.54. The van der Waals surface area contributed by atoms with E-state index in [1.807, 2.05) is 18.2 Å². The van der Waals surface area contributed by atoms with E-state index in [0.717, 1.165) is 12.1 Å². The van der Waals surface area contributed by atoms with Gasteiger partial charge in [0.25, 0.3) is 0 Å². The standard InChI is InChI=1S/C14H21NO2/c1-10(13(16)17)11(9-14(2,3)4)12-7-5-6-8-15-12/h5-8,10-11H,9H2,1-4H3,(H,16,17)/t10-,11?/m0/s1. The van der Waals surface area contributed by atoms with Gasteiger partial charge in [0, 0.05) is 17.8 Å². The van der Waals surface area contributed by atoms with Crippen molar-refractivity contribution in [3.63, 3.8) is 0 Å². The molecule has 1 aromatic heterocycles. The van der Waals surface area contributed by atoms with Crippen molar-refractivity contribution in [2.45, 2.75) is 40.0 Å². The minimum absolute atomic E-state index is 0.0336. The van der Waals surface area contributed by atoms with Gasteiger partial charge in [-0.15, -0.1) is 0 Å². The van der Waals surface area contributed by atoms with E-state index in [4.69, 9.17) is 0 Å². The Hall–Kier alpha value is -1.38. The summed E-state index contributed by atoms with van der Waals surface area (Å²) >= 11 is 0. The molecular formula is C14H21NO2. The molecule has 0 fully saturated rings. The van der Waals surface area contributed by atoms with Crippen LogP contribution in [0.5, 0.6) is 0 Å². The second-order valence-electron chi connectivity index (χ2n) is 5.75. The molecule has 1 heterocycles.